The van der Waals surface area contributed by atoms with E-state index in [1.165, 1.54) is 36.5 Å². The Morgan fingerprint density at radius 2 is 1.78 bits per heavy atom. The SMILES string of the molecule is N#Cc1ccc(-c2ccccc2C(F)(F)F)cn1. The Bertz CT molecular complexity index is 595. The van der Waals surface area contributed by atoms with E-state index in [4.69, 9.17) is 5.26 Å². The summed E-state index contributed by atoms with van der Waals surface area (Å²) in [6.45, 7) is 0. The van der Waals surface area contributed by atoms with Gasteiger partial charge in [-0.05, 0) is 23.8 Å². The largest absolute Gasteiger partial charge is 0.417 e. The number of rotatable bonds is 1. The molecule has 1 heterocycles. The van der Waals surface area contributed by atoms with Gasteiger partial charge < -0.3 is 0 Å². The lowest BCUT2D eigenvalue weighted by Gasteiger charge is -2.12. The average Bonchev–Trinajstić information content (AvgIpc) is 2.38. The van der Waals surface area contributed by atoms with Crippen molar-refractivity contribution < 1.29 is 13.2 Å². The molecule has 1 aromatic heterocycles. The monoisotopic (exact) mass is 248 g/mol. The summed E-state index contributed by atoms with van der Waals surface area (Å²) < 4.78 is 38.4. The van der Waals surface area contributed by atoms with E-state index in [2.05, 4.69) is 4.98 Å². The summed E-state index contributed by atoms with van der Waals surface area (Å²) in [5, 5.41) is 8.59. The number of halogens is 3. The van der Waals surface area contributed by atoms with Crippen molar-refractivity contribution in [2.45, 2.75) is 6.18 Å². The molecule has 2 nitrogen and oxygen atoms in total. The highest BCUT2D eigenvalue weighted by atomic mass is 19.4. The van der Waals surface area contributed by atoms with Gasteiger partial charge in [0.05, 0.1) is 5.56 Å². The lowest BCUT2D eigenvalue weighted by molar-refractivity contribution is -0.137. The van der Waals surface area contributed by atoms with Crippen LogP contribution in [-0.2, 0) is 6.18 Å². The summed E-state index contributed by atoms with van der Waals surface area (Å²) in [7, 11) is 0. The molecule has 0 N–H and O–H groups in total. The minimum Gasteiger partial charge on any atom is -0.245 e. The van der Waals surface area contributed by atoms with Crippen LogP contribution in [0.1, 0.15) is 11.3 Å². The van der Waals surface area contributed by atoms with Crippen LogP contribution in [0, 0.1) is 11.3 Å². The molecule has 0 aliphatic carbocycles. The highest BCUT2D eigenvalue weighted by Crippen LogP contribution is 2.36. The molecule has 0 aliphatic rings. The van der Waals surface area contributed by atoms with Crippen molar-refractivity contribution in [2.75, 3.05) is 0 Å². The van der Waals surface area contributed by atoms with Gasteiger partial charge in [-0.1, -0.05) is 18.2 Å². The molecule has 0 saturated heterocycles. The van der Waals surface area contributed by atoms with E-state index in [1.54, 1.807) is 0 Å². The fourth-order valence-corrected chi connectivity index (χ4v) is 1.60. The van der Waals surface area contributed by atoms with Crippen LogP contribution in [0.25, 0.3) is 11.1 Å². The van der Waals surface area contributed by atoms with Crippen LogP contribution >= 0.6 is 0 Å². The van der Waals surface area contributed by atoms with Crippen molar-refractivity contribution in [2.24, 2.45) is 0 Å². The number of hydrogen-bond acceptors (Lipinski definition) is 2. The third-order valence-electron chi connectivity index (χ3n) is 2.42. The molecule has 2 aromatic rings. The van der Waals surface area contributed by atoms with E-state index in [-0.39, 0.29) is 11.3 Å². The molecule has 0 fully saturated rings. The Balaban J connectivity index is 2.54. The standard InChI is InChI=1S/C13H7F3N2/c14-13(15,16)12-4-2-1-3-11(12)9-5-6-10(7-17)18-8-9/h1-6,8H. The Hall–Kier alpha value is -2.35. The van der Waals surface area contributed by atoms with Crippen LogP contribution in [-0.4, -0.2) is 4.98 Å². The molecule has 0 bridgehead atoms. The Morgan fingerprint density at radius 3 is 2.33 bits per heavy atom. The summed E-state index contributed by atoms with van der Waals surface area (Å²) in [6.07, 6.45) is -3.15. The van der Waals surface area contributed by atoms with E-state index in [9.17, 15) is 13.2 Å². The van der Waals surface area contributed by atoms with Crippen LogP contribution in [0.4, 0.5) is 13.2 Å². The van der Waals surface area contributed by atoms with Crippen molar-refractivity contribution in [3.8, 4) is 17.2 Å². The van der Waals surface area contributed by atoms with Crippen molar-refractivity contribution in [1.29, 1.82) is 5.26 Å². The Labute approximate surface area is 101 Å². The van der Waals surface area contributed by atoms with Crippen LogP contribution in [0.2, 0.25) is 0 Å². The molecule has 0 amide bonds. The van der Waals surface area contributed by atoms with Crippen molar-refractivity contribution in [3.05, 3.63) is 53.9 Å². The predicted molar refractivity (Wildman–Crippen MR) is 59.4 cm³/mol. The molecule has 18 heavy (non-hydrogen) atoms. The maximum atomic E-state index is 12.8. The smallest absolute Gasteiger partial charge is 0.245 e. The zero-order chi connectivity index (χ0) is 13.2. The van der Waals surface area contributed by atoms with Crippen LogP contribution < -0.4 is 0 Å². The van der Waals surface area contributed by atoms with Crippen molar-refractivity contribution >= 4 is 0 Å². The third kappa shape index (κ3) is 2.33. The number of benzene rings is 1. The van der Waals surface area contributed by atoms with E-state index < -0.39 is 11.7 Å². The summed E-state index contributed by atoms with van der Waals surface area (Å²) in [5.74, 6) is 0. The van der Waals surface area contributed by atoms with Gasteiger partial charge in [0, 0.05) is 11.8 Å². The first-order valence-corrected chi connectivity index (χ1v) is 5.05. The van der Waals surface area contributed by atoms with Gasteiger partial charge in [-0.15, -0.1) is 0 Å². The molecule has 0 spiro atoms. The third-order valence-corrected chi connectivity index (χ3v) is 2.42. The molecular formula is C13H7F3N2. The molecule has 2 rings (SSSR count). The second-order valence-corrected chi connectivity index (χ2v) is 3.59. The Morgan fingerprint density at radius 1 is 1.06 bits per heavy atom. The molecule has 0 radical (unpaired) electrons. The van der Waals surface area contributed by atoms with Gasteiger partial charge in [-0.25, -0.2) is 4.98 Å². The molecule has 0 aliphatic heterocycles. The van der Waals surface area contributed by atoms with E-state index >= 15 is 0 Å². The molecule has 0 unspecified atom stereocenters. The minimum absolute atomic E-state index is 0.0574. The zero-order valence-electron chi connectivity index (χ0n) is 9.07. The fourth-order valence-electron chi connectivity index (χ4n) is 1.60. The molecule has 0 saturated carbocycles. The van der Waals surface area contributed by atoms with Gasteiger partial charge in [-0.3, -0.25) is 0 Å². The minimum atomic E-state index is -4.41. The van der Waals surface area contributed by atoms with E-state index in [0.29, 0.717) is 5.56 Å². The summed E-state index contributed by atoms with van der Waals surface area (Å²) >= 11 is 0. The maximum Gasteiger partial charge on any atom is 0.417 e. The van der Waals surface area contributed by atoms with Gasteiger partial charge in [0.15, 0.2) is 0 Å². The molecule has 1 aromatic carbocycles. The highest BCUT2D eigenvalue weighted by Gasteiger charge is 2.33. The molecular weight excluding hydrogens is 241 g/mol. The van der Waals surface area contributed by atoms with Gasteiger partial charge in [0.2, 0.25) is 0 Å². The van der Waals surface area contributed by atoms with Gasteiger partial charge in [0.1, 0.15) is 11.8 Å². The maximum absolute atomic E-state index is 12.8. The number of hydrogen-bond donors (Lipinski definition) is 0. The van der Waals surface area contributed by atoms with Crippen LogP contribution in [0.3, 0.4) is 0 Å². The second kappa shape index (κ2) is 4.49. The predicted octanol–water partition coefficient (Wildman–Crippen LogP) is 3.64. The highest BCUT2D eigenvalue weighted by molar-refractivity contribution is 5.67. The first kappa shape index (κ1) is 12.1. The van der Waals surface area contributed by atoms with Crippen molar-refractivity contribution in [1.82, 2.24) is 4.98 Å². The van der Waals surface area contributed by atoms with Crippen molar-refractivity contribution in [3.63, 3.8) is 0 Å². The quantitative estimate of drug-likeness (QED) is 0.772. The van der Waals surface area contributed by atoms with E-state index in [0.717, 1.165) is 6.07 Å². The molecule has 90 valence electrons. The van der Waals surface area contributed by atoms with Crippen LogP contribution in [0.15, 0.2) is 42.6 Å². The summed E-state index contributed by atoms with van der Waals surface area (Å²) in [6, 6.07) is 9.93. The van der Waals surface area contributed by atoms with E-state index in [1.807, 2.05) is 6.07 Å². The number of alkyl halides is 3. The number of pyridine rings is 1. The first-order chi connectivity index (χ1) is 8.52. The normalized spacial score (nSPS) is 11.0. The molecule has 5 heteroatoms. The topological polar surface area (TPSA) is 36.7 Å². The Kier molecular flexibility index (Phi) is 3.02. The second-order valence-electron chi connectivity index (χ2n) is 3.59. The summed E-state index contributed by atoms with van der Waals surface area (Å²) in [5.41, 5.74) is -0.149. The van der Waals surface area contributed by atoms with Crippen LogP contribution in [0.5, 0.6) is 0 Å². The first-order valence-electron chi connectivity index (χ1n) is 5.05. The lowest BCUT2D eigenvalue weighted by Crippen LogP contribution is -2.06. The number of nitrogens with zero attached hydrogens (tertiary/aromatic N) is 2. The average molecular weight is 248 g/mol. The van der Waals surface area contributed by atoms with Gasteiger partial charge >= 0.3 is 6.18 Å². The summed E-state index contributed by atoms with van der Waals surface area (Å²) in [4.78, 5) is 3.77. The lowest BCUT2D eigenvalue weighted by atomic mass is 10.0. The number of nitriles is 1. The van der Waals surface area contributed by atoms with Gasteiger partial charge in [0.25, 0.3) is 0 Å². The molecule has 0 atom stereocenters. The zero-order valence-corrected chi connectivity index (χ0v) is 9.07. The fraction of sp³-hybridized carbons (Fsp3) is 0.0769. The van der Waals surface area contributed by atoms with Gasteiger partial charge in [-0.2, -0.15) is 18.4 Å². The number of aromatic nitrogens is 1.